The molecule has 1 fully saturated rings. The van der Waals surface area contributed by atoms with Gasteiger partial charge in [0.1, 0.15) is 0 Å². The summed E-state index contributed by atoms with van der Waals surface area (Å²) in [6, 6.07) is 3.75. The van der Waals surface area contributed by atoms with Gasteiger partial charge >= 0.3 is 6.18 Å². The van der Waals surface area contributed by atoms with Gasteiger partial charge in [0.25, 0.3) is 0 Å². The molecule has 0 spiro atoms. The minimum absolute atomic E-state index is 0.0221. The van der Waals surface area contributed by atoms with Crippen LogP contribution in [-0.2, 0) is 10.9 Å². The standard InChI is InChI=1S/C17H20F3NO2/c1-2-3-14-12-6-5-11(9-22)23-16(12)13-8-10(17(18,19)20)4-7-15(13)21-14/h2-4,7-8,11-12,14,16,21-22H,5-6,9H2,1H3/b3-2+/t11?,12-,14-,16-/m0/s1. The van der Waals surface area contributed by atoms with Crippen molar-refractivity contribution in [1.82, 2.24) is 0 Å². The van der Waals surface area contributed by atoms with Crippen LogP contribution in [0.25, 0.3) is 0 Å². The zero-order valence-corrected chi connectivity index (χ0v) is 12.8. The first-order valence-corrected chi connectivity index (χ1v) is 7.81. The molecule has 2 heterocycles. The average Bonchev–Trinajstić information content (AvgIpc) is 2.53. The molecule has 2 aliphatic heterocycles. The van der Waals surface area contributed by atoms with Crippen LogP contribution >= 0.6 is 0 Å². The third kappa shape index (κ3) is 3.10. The van der Waals surface area contributed by atoms with Gasteiger partial charge in [-0.15, -0.1) is 0 Å². The first-order valence-electron chi connectivity index (χ1n) is 7.81. The number of benzene rings is 1. The molecule has 0 bridgehead atoms. The van der Waals surface area contributed by atoms with E-state index in [4.69, 9.17) is 4.74 Å². The lowest BCUT2D eigenvalue weighted by molar-refractivity contribution is -0.138. The summed E-state index contributed by atoms with van der Waals surface area (Å²) in [5.74, 6) is 0.0602. The SMILES string of the molecule is C/C=C/[C@@H]1Nc2ccc(C(F)(F)F)cc2[C@H]2OC(CO)CC[C@@H]12. The Balaban J connectivity index is 2.02. The van der Waals surface area contributed by atoms with Gasteiger partial charge in [0, 0.05) is 17.2 Å². The Hall–Kier alpha value is -1.53. The predicted octanol–water partition coefficient (Wildman–Crippen LogP) is 3.90. The molecule has 3 rings (SSSR count). The molecule has 126 valence electrons. The molecule has 0 saturated carbocycles. The minimum atomic E-state index is -4.38. The fraction of sp³-hybridized carbons (Fsp3) is 0.529. The van der Waals surface area contributed by atoms with Crippen molar-refractivity contribution >= 4 is 5.69 Å². The van der Waals surface area contributed by atoms with Crippen LogP contribution in [0.15, 0.2) is 30.4 Å². The Morgan fingerprint density at radius 3 is 2.78 bits per heavy atom. The van der Waals surface area contributed by atoms with E-state index in [9.17, 15) is 18.3 Å². The Bertz CT molecular complexity index is 600. The number of ether oxygens (including phenoxy) is 1. The molecular weight excluding hydrogens is 307 g/mol. The van der Waals surface area contributed by atoms with Crippen LogP contribution in [0, 0.1) is 5.92 Å². The quantitative estimate of drug-likeness (QED) is 0.810. The van der Waals surface area contributed by atoms with E-state index < -0.39 is 17.8 Å². The lowest BCUT2D eigenvalue weighted by atomic mass is 9.78. The van der Waals surface area contributed by atoms with E-state index >= 15 is 0 Å². The Morgan fingerprint density at radius 2 is 2.13 bits per heavy atom. The van der Waals surface area contributed by atoms with Crippen LogP contribution < -0.4 is 5.32 Å². The third-order valence-electron chi connectivity index (χ3n) is 4.62. The van der Waals surface area contributed by atoms with Gasteiger partial charge in [-0.1, -0.05) is 12.2 Å². The van der Waals surface area contributed by atoms with Crippen molar-refractivity contribution in [3.8, 4) is 0 Å². The average molecular weight is 327 g/mol. The fourth-order valence-electron chi connectivity index (χ4n) is 3.50. The lowest BCUT2D eigenvalue weighted by Crippen LogP contribution is -2.43. The Morgan fingerprint density at radius 1 is 1.35 bits per heavy atom. The fourth-order valence-corrected chi connectivity index (χ4v) is 3.50. The molecule has 2 aliphatic rings. The van der Waals surface area contributed by atoms with Crippen molar-refractivity contribution < 1.29 is 23.0 Å². The maximum absolute atomic E-state index is 13.0. The topological polar surface area (TPSA) is 41.5 Å². The second-order valence-electron chi connectivity index (χ2n) is 6.10. The summed E-state index contributed by atoms with van der Waals surface area (Å²) >= 11 is 0. The maximum Gasteiger partial charge on any atom is 0.416 e. The van der Waals surface area contributed by atoms with Gasteiger partial charge in [0.15, 0.2) is 0 Å². The van der Waals surface area contributed by atoms with Gasteiger partial charge in [-0.25, -0.2) is 0 Å². The highest BCUT2D eigenvalue weighted by atomic mass is 19.4. The smallest absolute Gasteiger partial charge is 0.394 e. The molecule has 1 unspecified atom stereocenters. The number of allylic oxidation sites excluding steroid dienone is 1. The van der Waals surface area contributed by atoms with Gasteiger partial charge in [-0.3, -0.25) is 0 Å². The second-order valence-corrected chi connectivity index (χ2v) is 6.10. The summed E-state index contributed by atoms with van der Waals surface area (Å²) in [5, 5.41) is 12.7. The molecule has 1 aromatic rings. The number of alkyl halides is 3. The normalized spacial score (nSPS) is 30.7. The molecule has 4 atom stereocenters. The molecule has 1 aromatic carbocycles. The zero-order chi connectivity index (χ0) is 16.6. The third-order valence-corrected chi connectivity index (χ3v) is 4.62. The Labute approximate surface area is 133 Å². The number of hydrogen-bond acceptors (Lipinski definition) is 3. The van der Waals surface area contributed by atoms with Crippen LogP contribution in [0.3, 0.4) is 0 Å². The van der Waals surface area contributed by atoms with E-state index in [1.807, 2.05) is 19.1 Å². The van der Waals surface area contributed by atoms with Crippen molar-refractivity contribution in [2.24, 2.45) is 5.92 Å². The van der Waals surface area contributed by atoms with E-state index in [1.165, 1.54) is 12.1 Å². The molecular formula is C17H20F3NO2. The van der Waals surface area contributed by atoms with Crippen molar-refractivity contribution in [2.75, 3.05) is 11.9 Å². The lowest BCUT2D eigenvalue weighted by Gasteiger charge is -2.44. The molecule has 0 aliphatic carbocycles. The number of nitrogens with one attached hydrogen (secondary N) is 1. The van der Waals surface area contributed by atoms with Gasteiger partial charge < -0.3 is 15.2 Å². The predicted molar refractivity (Wildman–Crippen MR) is 81.1 cm³/mol. The summed E-state index contributed by atoms with van der Waals surface area (Å²) < 4.78 is 44.9. The summed E-state index contributed by atoms with van der Waals surface area (Å²) in [7, 11) is 0. The van der Waals surface area contributed by atoms with Crippen LogP contribution in [-0.4, -0.2) is 23.9 Å². The second kappa shape index (κ2) is 6.17. The molecule has 2 N–H and O–H groups in total. The van der Waals surface area contributed by atoms with E-state index in [0.717, 1.165) is 12.5 Å². The molecule has 1 saturated heterocycles. The zero-order valence-electron chi connectivity index (χ0n) is 12.8. The number of rotatable bonds is 2. The van der Waals surface area contributed by atoms with Gasteiger partial charge in [-0.2, -0.15) is 13.2 Å². The number of aliphatic hydroxyl groups is 1. The number of aliphatic hydroxyl groups excluding tert-OH is 1. The van der Waals surface area contributed by atoms with Crippen molar-refractivity contribution in [3.63, 3.8) is 0 Å². The highest BCUT2D eigenvalue weighted by Gasteiger charge is 2.42. The molecule has 23 heavy (non-hydrogen) atoms. The van der Waals surface area contributed by atoms with E-state index in [0.29, 0.717) is 17.7 Å². The molecule has 6 heteroatoms. The number of anilines is 1. The molecule has 0 radical (unpaired) electrons. The molecule has 3 nitrogen and oxygen atoms in total. The van der Waals surface area contributed by atoms with Gasteiger partial charge in [0.2, 0.25) is 0 Å². The number of hydrogen-bond donors (Lipinski definition) is 2. The van der Waals surface area contributed by atoms with Crippen molar-refractivity contribution in [3.05, 3.63) is 41.5 Å². The van der Waals surface area contributed by atoms with Gasteiger partial charge in [0.05, 0.1) is 30.4 Å². The van der Waals surface area contributed by atoms with Crippen molar-refractivity contribution in [2.45, 2.75) is 44.2 Å². The molecule has 0 aromatic heterocycles. The van der Waals surface area contributed by atoms with Crippen LogP contribution in [0.4, 0.5) is 18.9 Å². The van der Waals surface area contributed by atoms with Crippen LogP contribution in [0.2, 0.25) is 0 Å². The van der Waals surface area contributed by atoms with Gasteiger partial charge in [-0.05, 0) is 38.0 Å². The summed E-state index contributed by atoms with van der Waals surface area (Å²) in [6.07, 6.45) is 0.331. The van der Waals surface area contributed by atoms with E-state index in [-0.39, 0.29) is 24.7 Å². The first kappa shape index (κ1) is 16.3. The maximum atomic E-state index is 13.0. The first-order chi connectivity index (χ1) is 10.9. The number of halogens is 3. The largest absolute Gasteiger partial charge is 0.416 e. The van der Waals surface area contributed by atoms with E-state index in [1.54, 1.807) is 0 Å². The monoisotopic (exact) mass is 327 g/mol. The highest BCUT2D eigenvalue weighted by Crippen LogP contribution is 2.47. The summed E-state index contributed by atoms with van der Waals surface area (Å²) in [6.45, 7) is 1.80. The highest BCUT2D eigenvalue weighted by molar-refractivity contribution is 5.58. The minimum Gasteiger partial charge on any atom is -0.394 e. The summed E-state index contributed by atoms with van der Waals surface area (Å²) in [4.78, 5) is 0. The van der Waals surface area contributed by atoms with E-state index in [2.05, 4.69) is 5.32 Å². The number of fused-ring (bicyclic) bond motifs is 3. The molecule has 0 amide bonds. The Kier molecular flexibility index (Phi) is 4.38. The summed E-state index contributed by atoms with van der Waals surface area (Å²) in [5.41, 5.74) is 0.528. The van der Waals surface area contributed by atoms with Crippen molar-refractivity contribution in [1.29, 1.82) is 0 Å². The van der Waals surface area contributed by atoms with Crippen LogP contribution in [0.5, 0.6) is 0 Å². The van der Waals surface area contributed by atoms with Crippen LogP contribution in [0.1, 0.15) is 37.0 Å².